The lowest BCUT2D eigenvalue weighted by Crippen LogP contribution is -2.54. The van der Waals surface area contributed by atoms with Crippen molar-refractivity contribution in [2.75, 3.05) is 43.1 Å². The number of H-pyrrole nitrogens is 1. The number of amides is 1. The molecule has 0 unspecified atom stereocenters. The minimum Gasteiger partial charge on any atom is -0.489 e. The number of carbonyl (C=O) groups excluding carboxylic acids is 1. The molecule has 4 aliphatic rings. The summed E-state index contributed by atoms with van der Waals surface area (Å²) in [6, 6.07) is 20.3. The number of aromatic amines is 1. The highest BCUT2D eigenvalue weighted by Crippen LogP contribution is 2.54. The molecule has 3 N–H and O–H groups in total. The molecule has 3 aliphatic heterocycles. The number of nitrogens with one attached hydrogen (secondary N) is 3. The van der Waals surface area contributed by atoms with Crippen molar-refractivity contribution in [3.8, 4) is 17.2 Å². The number of sulfonamides is 1. The van der Waals surface area contributed by atoms with Gasteiger partial charge in [-0.25, -0.2) is 18.1 Å². The molecule has 61 heavy (non-hydrogen) atoms. The van der Waals surface area contributed by atoms with Crippen LogP contribution in [-0.4, -0.2) is 85.2 Å². The van der Waals surface area contributed by atoms with E-state index in [-0.39, 0.29) is 48.1 Å². The third kappa shape index (κ3) is 8.23. The van der Waals surface area contributed by atoms with Crippen LogP contribution in [0.25, 0.3) is 11.0 Å². The van der Waals surface area contributed by atoms with E-state index >= 15 is 0 Å². The van der Waals surface area contributed by atoms with Crippen LogP contribution in [0.5, 0.6) is 17.2 Å². The van der Waals surface area contributed by atoms with Gasteiger partial charge in [-0.2, -0.15) is 0 Å². The van der Waals surface area contributed by atoms with E-state index in [1.807, 2.05) is 26.0 Å². The number of hydrogen-bond donors (Lipinski definition) is 3. The zero-order chi connectivity index (χ0) is 42.5. The van der Waals surface area contributed by atoms with Crippen molar-refractivity contribution in [2.24, 2.45) is 5.41 Å². The normalized spacial score (nSPS) is 20.2. The summed E-state index contributed by atoms with van der Waals surface area (Å²) in [5.74, 6) is -0.489. The SMILES string of the molecule is Cc1ccccc1[C@@H]1CCCN1C1CC2(CCN(c3ccc(C(=O)NS(=O)(=O)c4cc5c(c([N+](=O)[O-])c4)N[C@@H](COC(C)C)CO5)c(Oc4cnc5[nH]ccc5c4)c3)CC2)C1. The topological polar surface area (TPSA) is 181 Å². The summed E-state index contributed by atoms with van der Waals surface area (Å²) >= 11 is 0. The van der Waals surface area contributed by atoms with E-state index in [2.05, 4.69) is 61.0 Å². The number of aryl methyl sites for hydroxylation is 1. The molecule has 9 rings (SSSR count). The third-order valence-electron chi connectivity index (χ3n) is 12.9. The molecule has 5 heterocycles. The molecular formula is C45H51N7O8S. The number of anilines is 2. The highest BCUT2D eigenvalue weighted by Gasteiger charge is 2.50. The minimum atomic E-state index is -4.64. The summed E-state index contributed by atoms with van der Waals surface area (Å²) < 4.78 is 47.5. The van der Waals surface area contributed by atoms with Crippen molar-refractivity contribution in [2.45, 2.75) is 88.4 Å². The monoisotopic (exact) mass is 849 g/mol. The molecule has 320 valence electrons. The number of nitro benzene ring substituents is 1. The average molecular weight is 850 g/mol. The lowest BCUT2D eigenvalue weighted by molar-refractivity contribution is -0.384. The summed E-state index contributed by atoms with van der Waals surface area (Å²) in [5.41, 5.74) is 4.14. The van der Waals surface area contributed by atoms with E-state index in [9.17, 15) is 23.3 Å². The summed E-state index contributed by atoms with van der Waals surface area (Å²) in [7, 11) is -4.64. The maximum atomic E-state index is 14.0. The Balaban J connectivity index is 0.925. The number of likely N-dealkylation sites (tertiary alicyclic amines) is 1. The fraction of sp³-hybridized carbons (Fsp3) is 0.422. The van der Waals surface area contributed by atoms with Gasteiger partial charge in [0.2, 0.25) is 0 Å². The first kappa shape index (κ1) is 40.7. The van der Waals surface area contributed by atoms with Crippen molar-refractivity contribution in [1.82, 2.24) is 19.6 Å². The van der Waals surface area contributed by atoms with Crippen LogP contribution in [0.15, 0.2) is 84.0 Å². The molecule has 16 heteroatoms. The number of carbonyl (C=O) groups is 1. The Hall–Kier alpha value is -5.71. The number of nitrogens with zero attached hydrogens (tertiary/aromatic N) is 4. The maximum Gasteiger partial charge on any atom is 0.297 e. The highest BCUT2D eigenvalue weighted by molar-refractivity contribution is 7.90. The third-order valence-corrected chi connectivity index (χ3v) is 14.2. The van der Waals surface area contributed by atoms with Crippen LogP contribution in [-0.2, 0) is 14.8 Å². The molecule has 1 spiro atoms. The van der Waals surface area contributed by atoms with Crippen LogP contribution in [0.1, 0.15) is 79.9 Å². The molecule has 1 amide bonds. The van der Waals surface area contributed by atoms with Gasteiger partial charge in [0.05, 0.1) is 40.3 Å². The van der Waals surface area contributed by atoms with E-state index < -0.39 is 31.4 Å². The molecule has 3 fully saturated rings. The molecule has 1 saturated carbocycles. The predicted octanol–water partition coefficient (Wildman–Crippen LogP) is 7.87. The van der Waals surface area contributed by atoms with Gasteiger partial charge in [0.15, 0.2) is 11.4 Å². The van der Waals surface area contributed by atoms with Crippen LogP contribution in [0.3, 0.4) is 0 Å². The summed E-state index contributed by atoms with van der Waals surface area (Å²) in [4.78, 5) is 37.5. The van der Waals surface area contributed by atoms with E-state index in [0.29, 0.717) is 28.9 Å². The van der Waals surface area contributed by atoms with Crippen molar-refractivity contribution in [3.05, 3.63) is 106 Å². The average Bonchev–Trinajstić information content (AvgIpc) is 3.91. The van der Waals surface area contributed by atoms with Crippen LogP contribution in [0.2, 0.25) is 0 Å². The van der Waals surface area contributed by atoms with Crippen molar-refractivity contribution in [3.63, 3.8) is 0 Å². The fourth-order valence-electron chi connectivity index (χ4n) is 9.63. The van der Waals surface area contributed by atoms with Gasteiger partial charge in [-0.1, -0.05) is 24.3 Å². The molecule has 3 aromatic carbocycles. The number of hydrogen-bond acceptors (Lipinski definition) is 12. The van der Waals surface area contributed by atoms with E-state index in [4.69, 9.17) is 14.2 Å². The lowest BCUT2D eigenvalue weighted by Gasteiger charge is -2.56. The van der Waals surface area contributed by atoms with E-state index in [1.165, 1.54) is 49.1 Å². The second-order valence-electron chi connectivity index (χ2n) is 17.2. The van der Waals surface area contributed by atoms with Crippen LogP contribution >= 0.6 is 0 Å². The Labute approximate surface area is 355 Å². The van der Waals surface area contributed by atoms with Crippen LogP contribution < -0.4 is 24.4 Å². The standard InChI is InChI=1S/C45H51N7O8S/c1-28(2)58-26-31-27-59-41-22-35(21-39(52(54)55)42(41)48-31)61(56,57)49-44(53)37-11-10-32(20-40(37)60-34-19-30-12-15-46-43(30)47-25-34)50-17-13-45(14-18-50)23-33(24-45)51-16-6-9-38(51)36-8-5-4-7-29(36)3/h4-5,7-8,10-12,15,19-22,25,28,31,33,38,48H,6,9,13-14,16-18,23-24,26-27H2,1-3H3,(H,46,47)(H,49,53)/t31-,38-/m0/s1. The molecule has 0 radical (unpaired) electrons. The Morgan fingerprint density at radius 3 is 2.66 bits per heavy atom. The zero-order valence-corrected chi connectivity index (χ0v) is 35.4. The number of ether oxygens (including phenoxy) is 3. The Bertz CT molecular complexity index is 2580. The van der Waals surface area contributed by atoms with Gasteiger partial charge in [-0.05, 0) is 107 Å². The number of pyridine rings is 1. The number of fused-ring (bicyclic) bond motifs is 2. The largest absolute Gasteiger partial charge is 0.489 e. The maximum absolute atomic E-state index is 14.0. The summed E-state index contributed by atoms with van der Waals surface area (Å²) in [5, 5.41) is 16.0. The minimum absolute atomic E-state index is 0.0212. The van der Waals surface area contributed by atoms with Gasteiger partial charge in [0.25, 0.3) is 21.6 Å². The molecular weight excluding hydrogens is 799 g/mol. The Kier molecular flexibility index (Phi) is 10.9. The van der Waals surface area contributed by atoms with Crippen molar-refractivity contribution in [1.29, 1.82) is 0 Å². The number of piperidine rings is 1. The predicted molar refractivity (Wildman–Crippen MR) is 231 cm³/mol. The Morgan fingerprint density at radius 1 is 1.08 bits per heavy atom. The molecule has 0 bridgehead atoms. The lowest BCUT2D eigenvalue weighted by atomic mass is 9.59. The summed E-state index contributed by atoms with van der Waals surface area (Å²) in [6.45, 7) is 9.11. The molecule has 2 aromatic heterocycles. The van der Waals surface area contributed by atoms with Crippen molar-refractivity contribution < 1.29 is 32.3 Å². The van der Waals surface area contributed by atoms with Gasteiger partial charge in [0, 0.05) is 60.6 Å². The Morgan fingerprint density at radius 2 is 1.89 bits per heavy atom. The number of aromatic nitrogens is 2. The second kappa shape index (κ2) is 16.3. The first-order valence-corrected chi connectivity index (χ1v) is 22.5. The second-order valence-corrected chi connectivity index (χ2v) is 18.9. The van der Waals surface area contributed by atoms with Gasteiger partial charge >= 0.3 is 0 Å². The number of nitro groups is 1. The first-order valence-electron chi connectivity index (χ1n) is 21.1. The van der Waals surface area contributed by atoms with Gasteiger partial charge in [-0.15, -0.1) is 0 Å². The van der Waals surface area contributed by atoms with E-state index in [1.54, 1.807) is 24.4 Å². The molecule has 5 aromatic rings. The molecule has 2 saturated heterocycles. The van der Waals surface area contributed by atoms with Crippen LogP contribution in [0, 0.1) is 22.5 Å². The quantitative estimate of drug-likeness (QED) is 0.0818. The molecule has 2 atom stereocenters. The molecule has 1 aliphatic carbocycles. The first-order chi connectivity index (χ1) is 29.3. The fourth-order valence-corrected chi connectivity index (χ4v) is 10.6. The zero-order valence-electron chi connectivity index (χ0n) is 34.6. The molecule has 15 nitrogen and oxygen atoms in total. The number of rotatable bonds is 12. The van der Waals surface area contributed by atoms with Gasteiger partial charge in [-0.3, -0.25) is 19.8 Å². The highest BCUT2D eigenvalue weighted by atomic mass is 32.2. The van der Waals surface area contributed by atoms with Gasteiger partial charge < -0.3 is 29.4 Å². The van der Waals surface area contributed by atoms with Crippen molar-refractivity contribution >= 4 is 44.0 Å². The number of benzene rings is 3. The smallest absolute Gasteiger partial charge is 0.297 e. The van der Waals surface area contributed by atoms with Crippen LogP contribution in [0.4, 0.5) is 17.1 Å². The van der Waals surface area contributed by atoms with Gasteiger partial charge in [0.1, 0.15) is 23.8 Å². The van der Waals surface area contributed by atoms with E-state index in [0.717, 1.165) is 49.6 Å². The summed E-state index contributed by atoms with van der Waals surface area (Å²) in [6.07, 6.45) is 10.2.